The van der Waals surface area contributed by atoms with E-state index in [9.17, 15) is 24.9 Å². The Balaban J connectivity index is 1.34. The third-order valence-electron chi connectivity index (χ3n) is 10.8. The van der Waals surface area contributed by atoms with E-state index in [2.05, 4.69) is 13.8 Å². The maximum Gasteiger partial charge on any atom is 0.338 e. The van der Waals surface area contributed by atoms with Gasteiger partial charge in [-0.15, -0.1) is 0 Å². The van der Waals surface area contributed by atoms with Crippen LogP contribution in [0.3, 0.4) is 0 Å². The van der Waals surface area contributed by atoms with Gasteiger partial charge in [0.25, 0.3) is 0 Å². The number of rotatable bonds is 6. The predicted molar refractivity (Wildman–Crippen MR) is 156 cm³/mol. The molecule has 2 saturated carbocycles. The van der Waals surface area contributed by atoms with E-state index in [0.717, 1.165) is 5.56 Å². The van der Waals surface area contributed by atoms with Gasteiger partial charge in [0, 0.05) is 29.6 Å². The third kappa shape index (κ3) is 4.12. The molecule has 1 unspecified atom stereocenters. The highest BCUT2D eigenvalue weighted by atomic mass is 16.6. The Morgan fingerprint density at radius 3 is 2.26 bits per heavy atom. The van der Waals surface area contributed by atoms with Crippen molar-refractivity contribution in [2.24, 2.45) is 29.1 Å². The Labute approximate surface area is 246 Å². The summed E-state index contributed by atoms with van der Waals surface area (Å²) >= 11 is 0. The number of fused-ring (bicyclic) bond motifs is 5. The zero-order chi connectivity index (χ0) is 30.1. The van der Waals surface area contributed by atoms with Crippen LogP contribution < -0.4 is 0 Å². The number of carbonyl (C=O) groups excluding carboxylic acids is 2. The van der Waals surface area contributed by atoms with Crippen LogP contribution >= 0.6 is 0 Å². The lowest BCUT2D eigenvalue weighted by Crippen LogP contribution is -2.62. The standard InChI is InChI=1S/C35H40O7/c1-21-15-27-33(39,30(21)41-31(38)25-13-9-6-10-14-25)19-24(20-36)16-26-29-32(3,4)34(29,18-22(2)35(26,27)40)42-28(37)17-23-11-7-5-8-12-23/h5-16,22,26-27,29-30,36,39-40H,17-20H2,1-4H3/t22-,26+,27-,29-,30?,33-,34+,35-/m1/s1. The van der Waals surface area contributed by atoms with E-state index >= 15 is 0 Å². The number of benzene rings is 2. The molecule has 2 fully saturated rings. The molecule has 8 atom stereocenters. The van der Waals surface area contributed by atoms with Crippen molar-refractivity contribution in [3.8, 4) is 0 Å². The first kappa shape index (κ1) is 28.8. The van der Waals surface area contributed by atoms with Crippen LogP contribution in [0.4, 0.5) is 0 Å². The zero-order valence-corrected chi connectivity index (χ0v) is 24.6. The highest BCUT2D eigenvalue weighted by molar-refractivity contribution is 5.89. The molecule has 0 aliphatic heterocycles. The summed E-state index contributed by atoms with van der Waals surface area (Å²) in [6, 6.07) is 18.1. The third-order valence-corrected chi connectivity index (χ3v) is 10.8. The fraction of sp³-hybridized carbons (Fsp3) is 0.486. The highest BCUT2D eigenvalue weighted by Crippen LogP contribution is 2.76. The largest absolute Gasteiger partial charge is 0.458 e. The summed E-state index contributed by atoms with van der Waals surface area (Å²) in [5.41, 5.74) is -1.87. The number of hydrogen-bond donors (Lipinski definition) is 3. The van der Waals surface area contributed by atoms with Crippen molar-refractivity contribution >= 4 is 11.9 Å². The molecule has 4 aliphatic rings. The van der Waals surface area contributed by atoms with Crippen molar-refractivity contribution in [1.82, 2.24) is 0 Å². The Bertz CT molecular complexity index is 1450. The first-order chi connectivity index (χ1) is 19.9. The molecule has 2 aromatic rings. The second-order valence-electron chi connectivity index (χ2n) is 13.4. The second kappa shape index (κ2) is 9.90. The molecule has 0 heterocycles. The van der Waals surface area contributed by atoms with Crippen LogP contribution in [0.1, 0.15) is 56.5 Å². The minimum Gasteiger partial charge on any atom is -0.458 e. The fourth-order valence-electron chi connectivity index (χ4n) is 8.70. The van der Waals surface area contributed by atoms with Crippen molar-refractivity contribution < 1.29 is 34.4 Å². The molecule has 222 valence electrons. The lowest BCUT2D eigenvalue weighted by atomic mass is 9.60. The maximum absolute atomic E-state index is 13.2. The molecule has 3 N–H and O–H groups in total. The molecule has 7 nitrogen and oxygen atoms in total. The quantitative estimate of drug-likeness (QED) is 0.347. The van der Waals surface area contributed by atoms with Crippen molar-refractivity contribution in [2.75, 3.05) is 6.61 Å². The normalized spacial score (nSPS) is 37.6. The number of carbonyl (C=O) groups is 2. The molecular formula is C35H40O7. The van der Waals surface area contributed by atoms with E-state index in [1.807, 2.05) is 55.5 Å². The average Bonchev–Trinajstić information content (AvgIpc) is 3.35. The number of esters is 2. The van der Waals surface area contributed by atoms with Crippen molar-refractivity contribution in [2.45, 2.75) is 69.9 Å². The SMILES string of the molecule is CC1=C[C@H]2[C@@]3(O)[C@H](C)C[C@]4(OC(=O)Cc5ccccc5)[C@H]([C@@H]3C=C(CO)C[C@]2(O)C1OC(=O)c1ccccc1)C4(C)C. The first-order valence-corrected chi connectivity index (χ1v) is 14.8. The molecule has 0 saturated heterocycles. The van der Waals surface area contributed by atoms with Gasteiger partial charge in [-0.2, -0.15) is 0 Å². The topological polar surface area (TPSA) is 113 Å². The Morgan fingerprint density at radius 1 is 0.976 bits per heavy atom. The molecule has 0 spiro atoms. The Morgan fingerprint density at radius 2 is 1.62 bits per heavy atom. The molecule has 0 radical (unpaired) electrons. The van der Waals surface area contributed by atoms with Gasteiger partial charge >= 0.3 is 11.9 Å². The molecule has 0 bridgehead atoms. The van der Waals surface area contributed by atoms with Crippen molar-refractivity contribution in [3.63, 3.8) is 0 Å². The van der Waals surface area contributed by atoms with Gasteiger partial charge in [0.05, 0.1) is 24.2 Å². The van der Waals surface area contributed by atoms with Crippen LogP contribution in [0.2, 0.25) is 0 Å². The lowest BCUT2D eigenvalue weighted by molar-refractivity contribution is -0.196. The molecular weight excluding hydrogens is 532 g/mol. The van der Waals surface area contributed by atoms with Crippen LogP contribution in [0.5, 0.6) is 0 Å². The summed E-state index contributed by atoms with van der Waals surface area (Å²) in [6.07, 6.45) is 3.37. The van der Waals surface area contributed by atoms with Gasteiger partial charge in [0.1, 0.15) is 11.2 Å². The van der Waals surface area contributed by atoms with E-state index in [1.54, 1.807) is 31.2 Å². The number of aliphatic hydroxyl groups is 3. The number of ether oxygens (including phenoxy) is 2. The monoisotopic (exact) mass is 572 g/mol. The van der Waals surface area contributed by atoms with E-state index in [1.165, 1.54) is 0 Å². The second-order valence-corrected chi connectivity index (χ2v) is 13.4. The summed E-state index contributed by atoms with van der Waals surface area (Å²) in [5.74, 6) is -2.76. The molecule has 7 heteroatoms. The predicted octanol–water partition coefficient (Wildman–Crippen LogP) is 4.41. The van der Waals surface area contributed by atoms with Gasteiger partial charge in [-0.1, -0.05) is 81.5 Å². The van der Waals surface area contributed by atoms with E-state index in [4.69, 9.17) is 9.47 Å². The smallest absolute Gasteiger partial charge is 0.338 e. The first-order valence-electron chi connectivity index (χ1n) is 14.8. The molecule has 2 aromatic carbocycles. The maximum atomic E-state index is 13.2. The molecule has 0 amide bonds. The molecule has 42 heavy (non-hydrogen) atoms. The van der Waals surface area contributed by atoms with Gasteiger partial charge in [0.15, 0.2) is 6.10 Å². The fourth-order valence-corrected chi connectivity index (χ4v) is 8.70. The van der Waals surface area contributed by atoms with Gasteiger partial charge in [-0.25, -0.2) is 4.79 Å². The Kier molecular flexibility index (Phi) is 6.80. The van der Waals surface area contributed by atoms with Crippen LogP contribution in [0.25, 0.3) is 0 Å². The summed E-state index contributed by atoms with van der Waals surface area (Å²) in [7, 11) is 0. The van der Waals surface area contributed by atoms with E-state index in [0.29, 0.717) is 23.1 Å². The minimum absolute atomic E-state index is 0.0359. The summed E-state index contributed by atoms with van der Waals surface area (Å²) < 4.78 is 12.3. The summed E-state index contributed by atoms with van der Waals surface area (Å²) in [4.78, 5) is 26.3. The van der Waals surface area contributed by atoms with Gasteiger partial charge in [-0.05, 0) is 48.1 Å². The average molecular weight is 573 g/mol. The van der Waals surface area contributed by atoms with Crippen LogP contribution in [0, 0.1) is 29.1 Å². The Hall–Kier alpha value is -3.26. The number of aliphatic hydroxyl groups excluding tert-OH is 1. The van der Waals surface area contributed by atoms with E-state index in [-0.39, 0.29) is 37.3 Å². The molecule has 0 aromatic heterocycles. The number of hydrogen-bond acceptors (Lipinski definition) is 7. The van der Waals surface area contributed by atoms with Crippen LogP contribution in [0.15, 0.2) is 84.0 Å². The van der Waals surface area contributed by atoms with E-state index < -0.39 is 46.1 Å². The molecule has 6 rings (SSSR count). The minimum atomic E-state index is -1.66. The highest BCUT2D eigenvalue weighted by Gasteiger charge is 2.83. The van der Waals surface area contributed by atoms with Gasteiger partial charge in [-0.3, -0.25) is 4.79 Å². The lowest BCUT2D eigenvalue weighted by Gasteiger charge is -2.51. The van der Waals surface area contributed by atoms with Gasteiger partial charge in [0.2, 0.25) is 0 Å². The van der Waals surface area contributed by atoms with Gasteiger partial charge < -0.3 is 24.8 Å². The van der Waals surface area contributed by atoms with Crippen molar-refractivity contribution in [1.29, 1.82) is 0 Å². The van der Waals surface area contributed by atoms with Crippen LogP contribution in [-0.4, -0.2) is 56.8 Å². The summed E-state index contributed by atoms with van der Waals surface area (Å²) in [6.45, 7) is 7.56. The zero-order valence-electron chi connectivity index (χ0n) is 24.6. The summed E-state index contributed by atoms with van der Waals surface area (Å²) in [5, 5.41) is 35.6. The molecule has 4 aliphatic carbocycles. The van der Waals surface area contributed by atoms with Crippen LogP contribution in [-0.2, 0) is 20.7 Å². The van der Waals surface area contributed by atoms with Crippen molar-refractivity contribution in [3.05, 3.63) is 95.1 Å².